The van der Waals surface area contributed by atoms with Crippen molar-refractivity contribution in [1.29, 1.82) is 0 Å². The highest BCUT2D eigenvalue weighted by atomic mass is 32.2. The molecule has 0 radical (unpaired) electrons. The van der Waals surface area contributed by atoms with Crippen molar-refractivity contribution in [1.82, 2.24) is 19.7 Å². The summed E-state index contributed by atoms with van der Waals surface area (Å²) in [4.78, 5) is 27.1. The van der Waals surface area contributed by atoms with E-state index in [-0.39, 0.29) is 43.8 Å². The van der Waals surface area contributed by atoms with Gasteiger partial charge in [0.2, 0.25) is 15.9 Å². The molecule has 2 fully saturated rings. The van der Waals surface area contributed by atoms with Gasteiger partial charge in [-0.25, -0.2) is 12.7 Å². The van der Waals surface area contributed by atoms with Crippen LogP contribution in [0.15, 0.2) is 4.52 Å². The smallest absolute Gasteiger partial charge is 0.253 e. The molecule has 2 aliphatic heterocycles. The summed E-state index contributed by atoms with van der Waals surface area (Å²) >= 11 is 0. The summed E-state index contributed by atoms with van der Waals surface area (Å²) in [6.07, 6.45) is 0.537. The lowest BCUT2D eigenvalue weighted by Crippen LogP contribution is -2.45. The number of hydrogen-bond acceptors (Lipinski definition) is 8. The molecule has 2 atom stereocenters. The quantitative estimate of drug-likeness (QED) is 0.643. The molecule has 2 aliphatic rings. The van der Waals surface area contributed by atoms with E-state index in [0.29, 0.717) is 24.4 Å². The number of methoxy groups -OCH3 is 1. The minimum atomic E-state index is -3.65. The molecule has 156 valence electrons. The Morgan fingerprint density at radius 1 is 1.39 bits per heavy atom. The topological polar surface area (TPSA) is 122 Å². The molecule has 2 amide bonds. The van der Waals surface area contributed by atoms with Gasteiger partial charge in [0.15, 0.2) is 0 Å². The van der Waals surface area contributed by atoms with E-state index in [4.69, 9.17) is 9.26 Å². The third-order valence-corrected chi connectivity index (χ3v) is 7.02. The zero-order chi connectivity index (χ0) is 20.5. The Morgan fingerprint density at radius 2 is 2.14 bits per heavy atom. The van der Waals surface area contributed by atoms with E-state index in [0.717, 1.165) is 9.87 Å². The molecule has 1 aromatic heterocycles. The van der Waals surface area contributed by atoms with E-state index < -0.39 is 22.0 Å². The Bertz CT molecular complexity index is 832. The number of fused-ring (bicyclic) bond motifs is 1. The van der Waals surface area contributed by atoms with Crippen LogP contribution >= 0.6 is 0 Å². The van der Waals surface area contributed by atoms with E-state index in [2.05, 4.69) is 10.5 Å². The number of nitrogens with one attached hydrogen (secondary N) is 1. The number of amides is 2. The number of ether oxygens (including phenoxy) is 1. The van der Waals surface area contributed by atoms with Gasteiger partial charge in [-0.1, -0.05) is 5.16 Å². The number of aryl methyl sites for hydroxylation is 2. The molecule has 1 aromatic rings. The van der Waals surface area contributed by atoms with Crippen LogP contribution in [-0.4, -0.2) is 85.8 Å². The van der Waals surface area contributed by atoms with Crippen molar-refractivity contribution >= 4 is 21.8 Å². The third kappa shape index (κ3) is 4.20. The van der Waals surface area contributed by atoms with Crippen LogP contribution in [0.4, 0.5) is 0 Å². The molecule has 0 spiro atoms. The fourth-order valence-corrected chi connectivity index (χ4v) is 5.21. The van der Waals surface area contributed by atoms with Crippen LogP contribution in [0.1, 0.15) is 23.4 Å². The summed E-state index contributed by atoms with van der Waals surface area (Å²) in [5.74, 6) is -0.133. The molecule has 10 nitrogen and oxygen atoms in total. The van der Waals surface area contributed by atoms with Gasteiger partial charge in [-0.05, 0) is 20.3 Å². The average Bonchev–Trinajstić information content (AvgIpc) is 3.15. The first-order valence-corrected chi connectivity index (χ1v) is 10.8. The van der Waals surface area contributed by atoms with Crippen molar-refractivity contribution in [2.75, 3.05) is 39.1 Å². The summed E-state index contributed by atoms with van der Waals surface area (Å²) in [7, 11) is -2.19. The van der Waals surface area contributed by atoms with Crippen molar-refractivity contribution in [3.63, 3.8) is 0 Å². The molecule has 28 heavy (non-hydrogen) atoms. The van der Waals surface area contributed by atoms with Gasteiger partial charge in [0.1, 0.15) is 5.76 Å². The summed E-state index contributed by atoms with van der Waals surface area (Å²) in [6, 6.07) is -0.773. The van der Waals surface area contributed by atoms with E-state index in [1.165, 1.54) is 7.11 Å². The maximum Gasteiger partial charge on any atom is 0.253 e. The van der Waals surface area contributed by atoms with Gasteiger partial charge in [0.25, 0.3) is 5.91 Å². The first kappa shape index (κ1) is 20.7. The molecule has 0 unspecified atom stereocenters. The first-order chi connectivity index (χ1) is 13.2. The lowest BCUT2D eigenvalue weighted by Gasteiger charge is -2.23. The minimum Gasteiger partial charge on any atom is -0.383 e. The second-order valence-electron chi connectivity index (χ2n) is 7.21. The first-order valence-electron chi connectivity index (χ1n) is 9.21. The number of nitrogens with zero attached hydrogens (tertiary/aromatic N) is 3. The molecule has 0 aromatic carbocycles. The predicted molar refractivity (Wildman–Crippen MR) is 99.0 cm³/mol. The molecule has 3 heterocycles. The van der Waals surface area contributed by atoms with Crippen molar-refractivity contribution in [3.8, 4) is 0 Å². The van der Waals surface area contributed by atoms with Crippen LogP contribution in [0, 0.1) is 13.8 Å². The van der Waals surface area contributed by atoms with Gasteiger partial charge in [-0.2, -0.15) is 0 Å². The Kier molecular flexibility index (Phi) is 6.06. The Hall–Kier alpha value is -1.98. The largest absolute Gasteiger partial charge is 0.383 e. The summed E-state index contributed by atoms with van der Waals surface area (Å²) in [5, 5.41) is 6.80. The van der Waals surface area contributed by atoms with Crippen LogP contribution < -0.4 is 5.32 Å². The third-order valence-electron chi connectivity index (χ3n) is 5.29. The van der Waals surface area contributed by atoms with E-state index in [1.54, 1.807) is 13.8 Å². The number of hydrogen-bond donors (Lipinski definition) is 1. The fourth-order valence-electron chi connectivity index (χ4n) is 3.78. The molecule has 0 saturated carbocycles. The number of sulfonamides is 1. The zero-order valence-electron chi connectivity index (χ0n) is 16.3. The fraction of sp³-hybridized carbons (Fsp3) is 0.706. The monoisotopic (exact) mass is 414 g/mol. The molecule has 11 heteroatoms. The van der Waals surface area contributed by atoms with Gasteiger partial charge in [0.05, 0.1) is 37.1 Å². The maximum absolute atomic E-state index is 12.8. The van der Waals surface area contributed by atoms with Crippen molar-refractivity contribution in [2.45, 2.75) is 38.8 Å². The summed E-state index contributed by atoms with van der Waals surface area (Å²) in [6.45, 7) is 4.40. The highest BCUT2D eigenvalue weighted by Crippen LogP contribution is 2.25. The van der Waals surface area contributed by atoms with Crippen LogP contribution in [0.25, 0.3) is 0 Å². The van der Waals surface area contributed by atoms with Gasteiger partial charge < -0.3 is 14.6 Å². The van der Waals surface area contributed by atoms with E-state index >= 15 is 0 Å². The molecule has 3 rings (SSSR count). The Labute approximate surface area is 164 Å². The van der Waals surface area contributed by atoms with Gasteiger partial charge >= 0.3 is 0 Å². The van der Waals surface area contributed by atoms with E-state index in [9.17, 15) is 18.0 Å². The van der Waals surface area contributed by atoms with Crippen LogP contribution in [0.2, 0.25) is 0 Å². The van der Waals surface area contributed by atoms with Crippen molar-refractivity contribution in [2.24, 2.45) is 0 Å². The molecule has 0 bridgehead atoms. The Balaban J connectivity index is 1.65. The number of aromatic nitrogens is 1. The van der Waals surface area contributed by atoms with Gasteiger partial charge in [0, 0.05) is 31.8 Å². The molecular formula is C17H26N4O6S. The average molecular weight is 414 g/mol. The number of carbonyl (C=O) groups excluding carboxylic acids is 2. The standard InChI is InChI=1S/C17H26N4O6S/c1-11-14(12(2)27-19-11)9-16(22)18-13-8-15-17(23)21(4-6-26-3)28(24,25)7-5-20(15)10-13/h13,15H,4-10H2,1-3H3,(H,18,22)/t13-,15-/m0/s1. The second-order valence-corrected chi connectivity index (χ2v) is 9.22. The van der Waals surface area contributed by atoms with Crippen molar-refractivity contribution < 1.29 is 27.3 Å². The van der Waals surface area contributed by atoms with Crippen LogP contribution in [0.5, 0.6) is 0 Å². The minimum absolute atomic E-state index is 0.00504. The maximum atomic E-state index is 12.8. The molecule has 2 saturated heterocycles. The number of carbonyl (C=O) groups is 2. The highest BCUT2D eigenvalue weighted by Gasteiger charge is 2.45. The predicted octanol–water partition coefficient (Wildman–Crippen LogP) is -0.789. The van der Waals surface area contributed by atoms with Gasteiger partial charge in [-0.15, -0.1) is 0 Å². The zero-order valence-corrected chi connectivity index (χ0v) is 17.1. The van der Waals surface area contributed by atoms with Crippen LogP contribution in [-0.2, 0) is 30.8 Å². The molecule has 0 aliphatic carbocycles. The summed E-state index contributed by atoms with van der Waals surface area (Å²) < 4.78 is 35.7. The van der Waals surface area contributed by atoms with Crippen LogP contribution in [0.3, 0.4) is 0 Å². The molecule has 1 N–H and O–H groups in total. The Morgan fingerprint density at radius 3 is 2.79 bits per heavy atom. The lowest BCUT2D eigenvalue weighted by molar-refractivity contribution is -0.131. The lowest BCUT2D eigenvalue weighted by atomic mass is 10.1. The second kappa shape index (κ2) is 8.18. The summed E-state index contributed by atoms with van der Waals surface area (Å²) in [5.41, 5.74) is 1.44. The van der Waals surface area contributed by atoms with Crippen molar-refractivity contribution in [3.05, 3.63) is 17.0 Å². The van der Waals surface area contributed by atoms with E-state index in [1.807, 2.05) is 4.90 Å². The van der Waals surface area contributed by atoms with Gasteiger partial charge in [-0.3, -0.25) is 14.5 Å². The molecular weight excluding hydrogens is 388 g/mol. The number of rotatable bonds is 6. The SMILES string of the molecule is COCCN1C(=O)[C@@H]2C[C@H](NC(=O)Cc3c(C)noc3C)CN2CCS1(=O)=O. The highest BCUT2D eigenvalue weighted by molar-refractivity contribution is 7.89. The normalized spacial score (nSPS) is 24.8.